The van der Waals surface area contributed by atoms with Gasteiger partial charge in [-0.3, -0.25) is 9.20 Å². The summed E-state index contributed by atoms with van der Waals surface area (Å²) in [6, 6.07) is 9.06. The smallest absolute Gasteiger partial charge is 0.254 e. The van der Waals surface area contributed by atoms with Gasteiger partial charge in [0, 0.05) is 42.7 Å². The number of sulfonamides is 1. The molecule has 0 spiro atoms. The molecule has 4 aromatic rings. The monoisotopic (exact) mass is 579 g/mol. The number of ether oxygens (including phenoxy) is 1. The van der Waals surface area contributed by atoms with Gasteiger partial charge in [-0.2, -0.15) is 0 Å². The maximum Gasteiger partial charge on any atom is 0.254 e. The number of aryl methyl sites for hydroxylation is 1. The van der Waals surface area contributed by atoms with Crippen molar-refractivity contribution in [2.75, 3.05) is 26.5 Å². The summed E-state index contributed by atoms with van der Waals surface area (Å²) in [4.78, 5) is 25.2. The first-order valence-corrected chi connectivity index (χ1v) is 16.0. The third-order valence-electron chi connectivity index (χ3n) is 8.10. The number of methoxy groups -OCH3 is 1. The minimum atomic E-state index is -3.38. The molecule has 0 unspecified atom stereocenters. The fourth-order valence-corrected chi connectivity index (χ4v) is 6.64. The predicted octanol–water partition coefficient (Wildman–Crippen LogP) is 3.25. The van der Waals surface area contributed by atoms with E-state index in [1.54, 1.807) is 20.1 Å². The van der Waals surface area contributed by atoms with Gasteiger partial charge in [0.1, 0.15) is 17.0 Å². The fraction of sp³-hybridized carbons (Fsp3) is 0.483. The van der Waals surface area contributed by atoms with E-state index in [-0.39, 0.29) is 11.9 Å². The minimum absolute atomic E-state index is 0.00810. The quantitative estimate of drug-likeness (QED) is 0.327. The number of pyridine rings is 2. The van der Waals surface area contributed by atoms with Gasteiger partial charge in [0.25, 0.3) is 5.91 Å². The standard InChI is InChI=1S/C29H37N7O4S/c1-17(33-41(4,38)39)23-10-9-20-12-24(35(28(20)31-23)15-19-7-8-19)27-18(2)36-25(32-27)13-21(14-26(36)40-3)29(37)34-11-5-6-22(30)16-34/h9-10,12-14,17,19,22,33H,5-8,11,15-16,30H2,1-4H3/t17-,22-/m1/s1. The van der Waals surface area contributed by atoms with Gasteiger partial charge in [-0.05, 0) is 69.7 Å². The Morgan fingerprint density at radius 3 is 2.66 bits per heavy atom. The van der Waals surface area contributed by atoms with Crippen LogP contribution in [0.3, 0.4) is 0 Å². The number of nitrogens with two attached hydrogens (primary N) is 1. The van der Waals surface area contributed by atoms with E-state index in [9.17, 15) is 13.2 Å². The molecule has 218 valence electrons. The molecule has 2 aliphatic rings. The number of rotatable bonds is 8. The molecular formula is C29H37N7O4S. The number of carbonyl (C=O) groups is 1. The molecule has 1 aliphatic heterocycles. The highest BCUT2D eigenvalue weighted by Gasteiger charge is 2.28. The zero-order valence-electron chi connectivity index (χ0n) is 23.9. The summed E-state index contributed by atoms with van der Waals surface area (Å²) >= 11 is 0. The zero-order chi connectivity index (χ0) is 29.1. The molecule has 1 amide bonds. The van der Waals surface area contributed by atoms with Gasteiger partial charge in [0.05, 0.1) is 36.5 Å². The zero-order valence-corrected chi connectivity index (χ0v) is 24.7. The van der Waals surface area contributed by atoms with Crippen LogP contribution in [0.25, 0.3) is 28.1 Å². The first-order valence-electron chi connectivity index (χ1n) is 14.1. The number of hydrogen-bond acceptors (Lipinski definition) is 7. The normalized spacial score (nSPS) is 18.8. The molecule has 0 bridgehead atoms. The molecule has 2 fully saturated rings. The molecule has 0 radical (unpaired) electrons. The topological polar surface area (TPSA) is 137 Å². The SMILES string of the molecule is COc1cc(C(=O)N2CCC[C@@H](N)C2)cc2nc(-c3cc4ccc([C@@H](C)NS(C)(=O)=O)nc4n3CC3CC3)c(C)n12. The lowest BCUT2D eigenvalue weighted by atomic mass is 10.1. The van der Waals surface area contributed by atoms with Crippen LogP contribution in [0.1, 0.15) is 60.4 Å². The van der Waals surface area contributed by atoms with E-state index in [4.69, 9.17) is 20.4 Å². The van der Waals surface area contributed by atoms with Gasteiger partial charge in [-0.1, -0.05) is 0 Å². The summed E-state index contributed by atoms with van der Waals surface area (Å²) in [7, 11) is -1.79. The van der Waals surface area contributed by atoms with Gasteiger partial charge >= 0.3 is 0 Å². The molecule has 12 heteroatoms. The molecule has 4 aromatic heterocycles. The number of imidazole rings is 1. The average Bonchev–Trinajstić information content (AvgIpc) is 3.60. The largest absolute Gasteiger partial charge is 0.482 e. The molecule has 0 aromatic carbocycles. The summed E-state index contributed by atoms with van der Waals surface area (Å²) < 4.78 is 36.2. The molecule has 2 atom stereocenters. The Labute approximate surface area is 239 Å². The summed E-state index contributed by atoms with van der Waals surface area (Å²) in [6.07, 6.45) is 5.29. The molecular weight excluding hydrogens is 542 g/mol. The molecule has 3 N–H and O–H groups in total. The van der Waals surface area contributed by atoms with Crippen LogP contribution in [-0.2, 0) is 16.6 Å². The Morgan fingerprint density at radius 1 is 1.20 bits per heavy atom. The summed E-state index contributed by atoms with van der Waals surface area (Å²) in [5.41, 5.74) is 11.4. The molecule has 11 nitrogen and oxygen atoms in total. The van der Waals surface area contributed by atoms with Crippen LogP contribution in [0, 0.1) is 12.8 Å². The average molecular weight is 580 g/mol. The van der Waals surface area contributed by atoms with Crippen LogP contribution in [0.4, 0.5) is 0 Å². The van der Waals surface area contributed by atoms with Crippen molar-refractivity contribution >= 4 is 32.6 Å². The van der Waals surface area contributed by atoms with E-state index in [0.717, 1.165) is 66.6 Å². The van der Waals surface area contributed by atoms with Crippen molar-refractivity contribution < 1.29 is 17.9 Å². The maximum absolute atomic E-state index is 13.4. The Kier molecular flexibility index (Phi) is 7.03. The van der Waals surface area contributed by atoms with Crippen molar-refractivity contribution in [2.24, 2.45) is 11.7 Å². The first-order chi connectivity index (χ1) is 19.5. The second-order valence-electron chi connectivity index (χ2n) is 11.5. The second-order valence-corrected chi connectivity index (χ2v) is 13.3. The van der Waals surface area contributed by atoms with Crippen LogP contribution in [0.15, 0.2) is 30.3 Å². The Balaban J connectivity index is 1.45. The fourth-order valence-electron chi connectivity index (χ4n) is 5.87. The van der Waals surface area contributed by atoms with E-state index in [1.165, 1.54) is 0 Å². The molecule has 1 saturated carbocycles. The van der Waals surface area contributed by atoms with E-state index < -0.39 is 16.1 Å². The van der Waals surface area contributed by atoms with Gasteiger partial charge in [-0.25, -0.2) is 23.1 Å². The van der Waals surface area contributed by atoms with Crippen molar-refractivity contribution in [3.63, 3.8) is 0 Å². The summed E-state index contributed by atoms with van der Waals surface area (Å²) in [5, 5.41) is 0.955. The highest BCUT2D eigenvalue weighted by atomic mass is 32.2. The lowest BCUT2D eigenvalue weighted by Gasteiger charge is -2.30. The Morgan fingerprint density at radius 2 is 1.98 bits per heavy atom. The molecule has 41 heavy (non-hydrogen) atoms. The van der Waals surface area contributed by atoms with Crippen LogP contribution in [-0.4, -0.2) is 70.7 Å². The van der Waals surface area contributed by atoms with Crippen molar-refractivity contribution in [1.82, 2.24) is 28.6 Å². The number of fused-ring (bicyclic) bond motifs is 2. The lowest BCUT2D eigenvalue weighted by molar-refractivity contribution is 0.0708. The second kappa shape index (κ2) is 10.4. The van der Waals surface area contributed by atoms with Crippen molar-refractivity contribution in [3.05, 3.63) is 47.3 Å². The number of aromatic nitrogens is 4. The highest BCUT2D eigenvalue weighted by Crippen LogP contribution is 2.37. The molecule has 1 aliphatic carbocycles. The van der Waals surface area contributed by atoms with Crippen LogP contribution >= 0.6 is 0 Å². The third kappa shape index (κ3) is 5.43. The number of hydrogen-bond donors (Lipinski definition) is 2. The maximum atomic E-state index is 13.4. The summed E-state index contributed by atoms with van der Waals surface area (Å²) in [5.74, 6) is 1.03. The summed E-state index contributed by atoms with van der Waals surface area (Å²) in [6.45, 7) is 5.82. The van der Waals surface area contributed by atoms with E-state index in [2.05, 4.69) is 15.4 Å². The number of nitrogens with zero attached hydrogens (tertiary/aromatic N) is 5. The van der Waals surface area contributed by atoms with Gasteiger partial charge in [0.15, 0.2) is 5.88 Å². The number of carbonyl (C=O) groups excluding carboxylic acids is 1. The molecule has 6 rings (SSSR count). The first kappa shape index (κ1) is 27.7. The molecule has 1 saturated heterocycles. The number of piperidine rings is 1. The lowest BCUT2D eigenvalue weighted by Crippen LogP contribution is -2.45. The van der Waals surface area contributed by atoms with Gasteiger partial charge in [0.2, 0.25) is 10.0 Å². The number of likely N-dealkylation sites (tertiary alicyclic amines) is 1. The van der Waals surface area contributed by atoms with Crippen LogP contribution < -0.4 is 15.2 Å². The minimum Gasteiger partial charge on any atom is -0.482 e. The number of amides is 1. The van der Waals surface area contributed by atoms with Gasteiger partial charge < -0.3 is 19.9 Å². The van der Waals surface area contributed by atoms with Crippen LogP contribution in [0.2, 0.25) is 0 Å². The van der Waals surface area contributed by atoms with E-state index in [0.29, 0.717) is 41.8 Å². The van der Waals surface area contributed by atoms with Crippen molar-refractivity contribution in [3.8, 4) is 17.3 Å². The van der Waals surface area contributed by atoms with Crippen molar-refractivity contribution in [2.45, 2.75) is 58.2 Å². The van der Waals surface area contributed by atoms with Crippen LogP contribution in [0.5, 0.6) is 5.88 Å². The van der Waals surface area contributed by atoms with E-state index in [1.807, 2.05) is 34.4 Å². The van der Waals surface area contributed by atoms with Crippen molar-refractivity contribution in [1.29, 1.82) is 0 Å². The molecule has 5 heterocycles. The van der Waals surface area contributed by atoms with E-state index >= 15 is 0 Å². The van der Waals surface area contributed by atoms with Gasteiger partial charge in [-0.15, -0.1) is 0 Å². The third-order valence-corrected chi connectivity index (χ3v) is 8.88. The number of nitrogens with one attached hydrogen (secondary N) is 1. The highest BCUT2D eigenvalue weighted by molar-refractivity contribution is 7.88. The Bertz CT molecular complexity index is 1760. The predicted molar refractivity (Wildman–Crippen MR) is 157 cm³/mol. The Hall–Kier alpha value is -3.48.